The van der Waals surface area contributed by atoms with Crippen LogP contribution in [0, 0.1) is 0 Å². The second kappa shape index (κ2) is 10.1. The van der Waals surface area contributed by atoms with Gasteiger partial charge in [0.15, 0.2) is 11.5 Å². The van der Waals surface area contributed by atoms with Gasteiger partial charge in [-0.3, -0.25) is 9.59 Å². The van der Waals surface area contributed by atoms with Crippen molar-refractivity contribution >= 4 is 11.8 Å². The first-order chi connectivity index (χ1) is 14.4. The number of nitrogens with one attached hydrogen (secondary N) is 1. The van der Waals surface area contributed by atoms with Gasteiger partial charge >= 0.3 is 0 Å². The Morgan fingerprint density at radius 2 is 1.67 bits per heavy atom. The molecule has 0 saturated heterocycles. The first kappa shape index (κ1) is 21.7. The zero-order chi connectivity index (χ0) is 21.5. The SMILES string of the molecule is CC(C)NC(=O)[C@@H](C)N(Cc1ccccc1)C(=O)CCc1ccc2c(c1)OCCO2. The van der Waals surface area contributed by atoms with Crippen LogP contribution in [0.25, 0.3) is 0 Å². The molecule has 1 heterocycles. The largest absolute Gasteiger partial charge is 0.486 e. The van der Waals surface area contributed by atoms with Crippen LogP contribution in [-0.4, -0.2) is 42.0 Å². The van der Waals surface area contributed by atoms with Gasteiger partial charge in [0.25, 0.3) is 0 Å². The minimum atomic E-state index is -0.555. The average molecular weight is 411 g/mol. The van der Waals surface area contributed by atoms with E-state index in [1.165, 1.54) is 0 Å². The van der Waals surface area contributed by atoms with Gasteiger partial charge in [-0.1, -0.05) is 36.4 Å². The first-order valence-electron chi connectivity index (χ1n) is 10.5. The van der Waals surface area contributed by atoms with Gasteiger partial charge in [-0.2, -0.15) is 0 Å². The molecule has 0 aliphatic carbocycles. The van der Waals surface area contributed by atoms with Crippen molar-refractivity contribution in [2.45, 2.75) is 52.2 Å². The molecular formula is C24H30N2O4. The number of amides is 2. The summed E-state index contributed by atoms with van der Waals surface area (Å²) in [4.78, 5) is 27.4. The molecule has 2 aromatic carbocycles. The molecule has 6 heteroatoms. The van der Waals surface area contributed by atoms with Crippen molar-refractivity contribution in [3.8, 4) is 11.5 Å². The molecule has 0 unspecified atom stereocenters. The summed E-state index contributed by atoms with van der Waals surface area (Å²) in [6.07, 6.45) is 0.880. The van der Waals surface area contributed by atoms with Gasteiger partial charge in [0.2, 0.25) is 11.8 Å². The van der Waals surface area contributed by atoms with Crippen LogP contribution >= 0.6 is 0 Å². The van der Waals surface area contributed by atoms with Gasteiger partial charge < -0.3 is 19.7 Å². The second-order valence-corrected chi connectivity index (χ2v) is 7.82. The molecule has 2 aromatic rings. The van der Waals surface area contributed by atoms with Crippen molar-refractivity contribution in [2.24, 2.45) is 0 Å². The van der Waals surface area contributed by atoms with E-state index in [-0.39, 0.29) is 17.9 Å². The minimum absolute atomic E-state index is 0.0198. The normalized spacial score (nSPS) is 13.6. The quantitative estimate of drug-likeness (QED) is 0.725. The van der Waals surface area contributed by atoms with Crippen molar-refractivity contribution in [1.29, 1.82) is 0 Å². The van der Waals surface area contributed by atoms with Crippen molar-refractivity contribution in [3.05, 3.63) is 59.7 Å². The molecule has 1 N–H and O–H groups in total. The van der Waals surface area contributed by atoms with E-state index in [4.69, 9.17) is 9.47 Å². The highest BCUT2D eigenvalue weighted by molar-refractivity contribution is 5.87. The molecule has 1 aliphatic heterocycles. The molecule has 30 heavy (non-hydrogen) atoms. The van der Waals surface area contributed by atoms with Crippen LogP contribution < -0.4 is 14.8 Å². The fourth-order valence-electron chi connectivity index (χ4n) is 3.41. The van der Waals surface area contributed by atoms with Gasteiger partial charge in [0.05, 0.1) is 0 Å². The van der Waals surface area contributed by atoms with Crippen LogP contribution in [0.15, 0.2) is 48.5 Å². The van der Waals surface area contributed by atoms with Crippen LogP contribution in [0.3, 0.4) is 0 Å². The summed E-state index contributed by atoms with van der Waals surface area (Å²) >= 11 is 0. The van der Waals surface area contributed by atoms with Gasteiger partial charge in [0.1, 0.15) is 19.3 Å². The van der Waals surface area contributed by atoms with Crippen LogP contribution in [0.2, 0.25) is 0 Å². The molecule has 0 radical (unpaired) electrons. The highest BCUT2D eigenvalue weighted by atomic mass is 16.6. The Labute approximate surface area is 178 Å². The molecule has 0 fully saturated rings. The number of hydrogen-bond acceptors (Lipinski definition) is 4. The molecule has 0 saturated carbocycles. The number of rotatable bonds is 8. The Kier molecular flexibility index (Phi) is 7.33. The van der Waals surface area contributed by atoms with E-state index in [1.807, 2.05) is 62.4 Å². The van der Waals surface area contributed by atoms with E-state index in [0.717, 1.165) is 22.6 Å². The van der Waals surface area contributed by atoms with Gasteiger partial charge in [0, 0.05) is 19.0 Å². The van der Waals surface area contributed by atoms with Gasteiger partial charge in [-0.25, -0.2) is 0 Å². The number of ether oxygens (including phenoxy) is 2. The number of benzene rings is 2. The maximum atomic E-state index is 13.1. The Hall–Kier alpha value is -3.02. The molecule has 1 atom stereocenters. The van der Waals surface area contributed by atoms with E-state index in [9.17, 15) is 9.59 Å². The molecule has 0 aromatic heterocycles. The monoisotopic (exact) mass is 410 g/mol. The lowest BCUT2D eigenvalue weighted by molar-refractivity contribution is -0.140. The van der Waals surface area contributed by atoms with Crippen LogP contribution in [-0.2, 0) is 22.6 Å². The van der Waals surface area contributed by atoms with E-state index in [1.54, 1.807) is 11.8 Å². The number of carbonyl (C=O) groups is 2. The highest BCUT2D eigenvalue weighted by Crippen LogP contribution is 2.31. The molecule has 2 amide bonds. The molecular weight excluding hydrogens is 380 g/mol. The summed E-state index contributed by atoms with van der Waals surface area (Å²) in [5.41, 5.74) is 2.00. The maximum absolute atomic E-state index is 13.1. The zero-order valence-electron chi connectivity index (χ0n) is 17.9. The molecule has 0 spiro atoms. The minimum Gasteiger partial charge on any atom is -0.486 e. The summed E-state index contributed by atoms with van der Waals surface area (Å²) in [7, 11) is 0. The standard InChI is InChI=1S/C24H30N2O4/c1-17(2)25-24(28)18(3)26(16-20-7-5-4-6-8-20)23(27)12-10-19-9-11-21-22(15-19)30-14-13-29-21/h4-9,11,15,17-18H,10,12-14,16H2,1-3H3,(H,25,28)/t18-/m1/s1. The lowest BCUT2D eigenvalue weighted by Crippen LogP contribution is -2.49. The van der Waals surface area contributed by atoms with E-state index < -0.39 is 6.04 Å². The second-order valence-electron chi connectivity index (χ2n) is 7.82. The van der Waals surface area contributed by atoms with E-state index >= 15 is 0 Å². The summed E-state index contributed by atoms with van der Waals surface area (Å²) in [6.45, 7) is 7.08. The Morgan fingerprint density at radius 1 is 0.967 bits per heavy atom. The van der Waals surface area contributed by atoms with Gasteiger partial charge in [-0.15, -0.1) is 0 Å². The van der Waals surface area contributed by atoms with E-state index in [0.29, 0.717) is 32.6 Å². The third kappa shape index (κ3) is 5.75. The summed E-state index contributed by atoms with van der Waals surface area (Å²) in [5, 5.41) is 2.91. The predicted octanol–water partition coefficient (Wildman–Crippen LogP) is 3.33. The fraction of sp³-hybridized carbons (Fsp3) is 0.417. The van der Waals surface area contributed by atoms with Crippen LogP contribution in [0.4, 0.5) is 0 Å². The Balaban J connectivity index is 1.70. The molecule has 160 valence electrons. The molecule has 1 aliphatic rings. The smallest absolute Gasteiger partial charge is 0.242 e. The number of carbonyl (C=O) groups excluding carboxylic acids is 2. The fourth-order valence-corrected chi connectivity index (χ4v) is 3.41. The highest BCUT2D eigenvalue weighted by Gasteiger charge is 2.26. The molecule has 6 nitrogen and oxygen atoms in total. The van der Waals surface area contributed by atoms with Crippen LogP contribution in [0.5, 0.6) is 11.5 Å². The summed E-state index contributed by atoms with van der Waals surface area (Å²) in [5.74, 6) is 1.26. The van der Waals surface area contributed by atoms with Crippen molar-refractivity contribution in [3.63, 3.8) is 0 Å². The number of nitrogens with zero attached hydrogens (tertiary/aromatic N) is 1. The molecule has 3 rings (SSSR count). The Morgan fingerprint density at radius 3 is 2.37 bits per heavy atom. The third-order valence-corrected chi connectivity index (χ3v) is 5.03. The third-order valence-electron chi connectivity index (χ3n) is 5.03. The lowest BCUT2D eigenvalue weighted by atomic mass is 10.1. The maximum Gasteiger partial charge on any atom is 0.242 e. The molecule has 0 bridgehead atoms. The Bertz CT molecular complexity index is 867. The van der Waals surface area contributed by atoms with Crippen molar-refractivity contribution in [1.82, 2.24) is 10.2 Å². The van der Waals surface area contributed by atoms with Crippen LogP contribution in [0.1, 0.15) is 38.3 Å². The number of fused-ring (bicyclic) bond motifs is 1. The first-order valence-corrected chi connectivity index (χ1v) is 10.5. The van der Waals surface area contributed by atoms with E-state index in [2.05, 4.69) is 5.32 Å². The van der Waals surface area contributed by atoms with Crippen molar-refractivity contribution in [2.75, 3.05) is 13.2 Å². The average Bonchev–Trinajstić information content (AvgIpc) is 2.75. The number of hydrogen-bond donors (Lipinski definition) is 1. The van der Waals surface area contributed by atoms with Crippen molar-refractivity contribution < 1.29 is 19.1 Å². The summed E-state index contributed by atoms with van der Waals surface area (Å²) < 4.78 is 11.2. The topological polar surface area (TPSA) is 67.9 Å². The zero-order valence-corrected chi connectivity index (χ0v) is 17.9. The summed E-state index contributed by atoms with van der Waals surface area (Å²) in [6, 6.07) is 15.0. The predicted molar refractivity (Wildman–Crippen MR) is 115 cm³/mol. The number of aryl methyl sites for hydroxylation is 1. The van der Waals surface area contributed by atoms with Gasteiger partial charge in [-0.05, 0) is 50.5 Å². The lowest BCUT2D eigenvalue weighted by Gasteiger charge is -2.29.